The first kappa shape index (κ1) is 17.1. The van der Waals surface area contributed by atoms with Gasteiger partial charge in [0.05, 0.1) is 10.7 Å². The molecule has 1 unspecified atom stereocenters. The molecular formula is C17H26N6S. The van der Waals surface area contributed by atoms with Gasteiger partial charge < -0.3 is 9.80 Å². The van der Waals surface area contributed by atoms with Gasteiger partial charge in [0.25, 0.3) is 0 Å². The molecule has 0 radical (unpaired) electrons. The molecule has 1 fully saturated rings. The first-order valence-corrected chi connectivity index (χ1v) is 9.27. The van der Waals surface area contributed by atoms with E-state index in [0.717, 1.165) is 36.4 Å². The molecule has 2 aromatic heterocycles. The molecule has 3 rings (SSSR count). The Hall–Kier alpha value is -1.73. The van der Waals surface area contributed by atoms with Crippen molar-refractivity contribution in [3.63, 3.8) is 0 Å². The highest BCUT2D eigenvalue weighted by Crippen LogP contribution is 2.21. The SMILES string of the molecule is Cc1nc(CN2CCCC(N(C)c3nccc(N(C)C)n3)C2)cs1. The molecule has 0 aliphatic carbocycles. The maximum absolute atomic E-state index is 4.67. The van der Waals surface area contributed by atoms with Gasteiger partial charge in [0.1, 0.15) is 5.82 Å². The van der Waals surface area contributed by atoms with E-state index in [1.807, 2.05) is 31.3 Å². The fourth-order valence-electron chi connectivity index (χ4n) is 3.12. The lowest BCUT2D eigenvalue weighted by molar-refractivity contribution is 0.196. The lowest BCUT2D eigenvalue weighted by atomic mass is 10.0. The third-order valence-electron chi connectivity index (χ3n) is 4.48. The first-order chi connectivity index (χ1) is 11.5. The summed E-state index contributed by atoms with van der Waals surface area (Å²) in [5, 5.41) is 3.32. The van der Waals surface area contributed by atoms with Gasteiger partial charge in [0.15, 0.2) is 0 Å². The van der Waals surface area contributed by atoms with Crippen molar-refractivity contribution in [3.05, 3.63) is 28.3 Å². The summed E-state index contributed by atoms with van der Waals surface area (Å²) in [5.41, 5.74) is 1.19. The number of piperidine rings is 1. The number of hydrogen-bond donors (Lipinski definition) is 0. The number of aromatic nitrogens is 3. The van der Waals surface area contributed by atoms with Crippen molar-refractivity contribution in [2.75, 3.05) is 44.0 Å². The molecule has 2 aromatic rings. The Morgan fingerprint density at radius 1 is 1.29 bits per heavy atom. The summed E-state index contributed by atoms with van der Waals surface area (Å²) in [7, 11) is 6.12. The van der Waals surface area contributed by atoms with Crippen LogP contribution >= 0.6 is 11.3 Å². The standard InChI is InChI=1S/C17H26N6S/c1-13-19-14(12-24-13)10-23-9-5-6-15(11-23)22(4)17-18-8-7-16(20-17)21(2)3/h7-8,12,15H,5-6,9-11H2,1-4H3. The van der Waals surface area contributed by atoms with Crippen LogP contribution in [-0.2, 0) is 6.54 Å². The molecule has 1 atom stereocenters. The van der Waals surface area contributed by atoms with Crippen molar-refractivity contribution >= 4 is 23.1 Å². The third kappa shape index (κ3) is 4.02. The van der Waals surface area contributed by atoms with Gasteiger partial charge in [-0.3, -0.25) is 4.90 Å². The second-order valence-electron chi connectivity index (χ2n) is 6.61. The fourth-order valence-corrected chi connectivity index (χ4v) is 3.73. The van der Waals surface area contributed by atoms with Gasteiger partial charge in [-0.05, 0) is 32.4 Å². The predicted molar refractivity (Wildman–Crippen MR) is 99.9 cm³/mol. The van der Waals surface area contributed by atoms with Crippen LogP contribution in [0, 0.1) is 6.92 Å². The zero-order valence-corrected chi connectivity index (χ0v) is 15.8. The van der Waals surface area contributed by atoms with E-state index >= 15 is 0 Å². The number of thiazole rings is 1. The molecule has 7 heteroatoms. The number of likely N-dealkylation sites (N-methyl/N-ethyl adjacent to an activating group) is 1. The molecule has 0 aromatic carbocycles. The van der Waals surface area contributed by atoms with Gasteiger partial charge in [0.2, 0.25) is 5.95 Å². The minimum absolute atomic E-state index is 0.441. The van der Waals surface area contributed by atoms with E-state index in [1.54, 1.807) is 11.3 Å². The van der Waals surface area contributed by atoms with Crippen LogP contribution in [0.2, 0.25) is 0 Å². The van der Waals surface area contributed by atoms with Crippen molar-refractivity contribution in [1.82, 2.24) is 19.9 Å². The smallest absolute Gasteiger partial charge is 0.227 e. The number of rotatable bonds is 5. The Kier molecular flexibility index (Phi) is 5.30. The molecule has 24 heavy (non-hydrogen) atoms. The molecule has 0 N–H and O–H groups in total. The zero-order valence-electron chi connectivity index (χ0n) is 14.9. The fraction of sp³-hybridized carbons (Fsp3) is 0.588. The molecule has 1 aliphatic rings. The van der Waals surface area contributed by atoms with E-state index in [1.165, 1.54) is 18.5 Å². The summed E-state index contributed by atoms with van der Waals surface area (Å²) in [6, 6.07) is 2.38. The lowest BCUT2D eigenvalue weighted by Gasteiger charge is -2.37. The number of nitrogens with zero attached hydrogens (tertiary/aromatic N) is 6. The summed E-state index contributed by atoms with van der Waals surface area (Å²) in [4.78, 5) is 20.5. The molecule has 6 nitrogen and oxygen atoms in total. The molecule has 1 saturated heterocycles. The van der Waals surface area contributed by atoms with Crippen LogP contribution in [0.5, 0.6) is 0 Å². The largest absolute Gasteiger partial charge is 0.363 e. The highest BCUT2D eigenvalue weighted by Gasteiger charge is 2.25. The average Bonchev–Trinajstić information content (AvgIpc) is 2.99. The van der Waals surface area contributed by atoms with Crippen molar-refractivity contribution in [3.8, 4) is 0 Å². The maximum atomic E-state index is 4.67. The van der Waals surface area contributed by atoms with Crippen molar-refractivity contribution in [1.29, 1.82) is 0 Å². The van der Waals surface area contributed by atoms with E-state index in [2.05, 4.69) is 44.1 Å². The Bertz CT molecular complexity index is 671. The van der Waals surface area contributed by atoms with Crippen LogP contribution in [0.1, 0.15) is 23.5 Å². The van der Waals surface area contributed by atoms with Gasteiger partial charge >= 0.3 is 0 Å². The summed E-state index contributed by atoms with van der Waals surface area (Å²) in [5.74, 6) is 1.75. The van der Waals surface area contributed by atoms with Gasteiger partial charge in [-0.25, -0.2) is 9.97 Å². The first-order valence-electron chi connectivity index (χ1n) is 8.39. The van der Waals surface area contributed by atoms with E-state index in [4.69, 9.17) is 0 Å². The monoisotopic (exact) mass is 346 g/mol. The molecule has 0 amide bonds. The predicted octanol–water partition coefficient (Wildman–Crippen LogP) is 2.41. The number of aryl methyl sites for hydroxylation is 1. The van der Waals surface area contributed by atoms with Crippen molar-refractivity contribution < 1.29 is 0 Å². The van der Waals surface area contributed by atoms with Crippen LogP contribution in [0.3, 0.4) is 0 Å². The van der Waals surface area contributed by atoms with Crippen LogP contribution in [0.15, 0.2) is 17.6 Å². The van der Waals surface area contributed by atoms with Gasteiger partial charge in [-0.15, -0.1) is 11.3 Å². The Labute approximate surface area is 148 Å². The van der Waals surface area contributed by atoms with Crippen molar-refractivity contribution in [2.45, 2.75) is 32.4 Å². The molecule has 0 bridgehead atoms. The summed E-state index contributed by atoms with van der Waals surface area (Å²) in [6.45, 7) is 5.17. The lowest BCUT2D eigenvalue weighted by Crippen LogP contribution is -2.46. The van der Waals surface area contributed by atoms with Gasteiger partial charge in [-0.1, -0.05) is 0 Å². The minimum atomic E-state index is 0.441. The van der Waals surface area contributed by atoms with Crippen molar-refractivity contribution in [2.24, 2.45) is 0 Å². The highest BCUT2D eigenvalue weighted by molar-refractivity contribution is 7.09. The number of likely N-dealkylation sites (tertiary alicyclic amines) is 1. The van der Waals surface area contributed by atoms with E-state index < -0.39 is 0 Å². The average molecular weight is 347 g/mol. The quantitative estimate of drug-likeness (QED) is 0.829. The summed E-state index contributed by atoms with van der Waals surface area (Å²) in [6.07, 6.45) is 4.22. The molecule has 130 valence electrons. The van der Waals surface area contributed by atoms with Crippen LogP contribution in [-0.4, -0.2) is 60.1 Å². The topological polar surface area (TPSA) is 48.4 Å². The van der Waals surface area contributed by atoms with Gasteiger partial charge in [0, 0.05) is 51.9 Å². The van der Waals surface area contributed by atoms with Crippen LogP contribution in [0.25, 0.3) is 0 Å². The minimum Gasteiger partial charge on any atom is -0.363 e. The highest BCUT2D eigenvalue weighted by atomic mass is 32.1. The van der Waals surface area contributed by atoms with E-state index in [-0.39, 0.29) is 0 Å². The zero-order chi connectivity index (χ0) is 17.1. The molecule has 0 saturated carbocycles. The van der Waals surface area contributed by atoms with Crippen LogP contribution < -0.4 is 9.80 Å². The third-order valence-corrected chi connectivity index (χ3v) is 5.30. The summed E-state index contributed by atoms with van der Waals surface area (Å²) < 4.78 is 0. The van der Waals surface area contributed by atoms with E-state index in [0.29, 0.717) is 6.04 Å². The molecular weight excluding hydrogens is 320 g/mol. The summed E-state index contributed by atoms with van der Waals surface area (Å²) >= 11 is 1.73. The van der Waals surface area contributed by atoms with E-state index in [9.17, 15) is 0 Å². The Morgan fingerprint density at radius 2 is 2.12 bits per heavy atom. The number of anilines is 2. The number of hydrogen-bond acceptors (Lipinski definition) is 7. The normalized spacial score (nSPS) is 18.6. The van der Waals surface area contributed by atoms with Crippen LogP contribution in [0.4, 0.5) is 11.8 Å². The Morgan fingerprint density at radius 3 is 2.83 bits per heavy atom. The maximum Gasteiger partial charge on any atom is 0.227 e. The second kappa shape index (κ2) is 7.44. The Balaban J connectivity index is 1.66. The van der Waals surface area contributed by atoms with Gasteiger partial charge in [-0.2, -0.15) is 4.98 Å². The molecule has 3 heterocycles. The molecule has 1 aliphatic heterocycles. The molecule has 0 spiro atoms. The second-order valence-corrected chi connectivity index (χ2v) is 7.67.